The van der Waals surface area contributed by atoms with E-state index in [1.54, 1.807) is 6.20 Å². The molecule has 0 saturated carbocycles. The summed E-state index contributed by atoms with van der Waals surface area (Å²) in [5, 5.41) is 4.39. The van der Waals surface area contributed by atoms with Gasteiger partial charge in [0.25, 0.3) is 0 Å². The number of benzene rings is 1. The number of hydrogen-bond donors (Lipinski definition) is 1. The van der Waals surface area contributed by atoms with E-state index in [2.05, 4.69) is 21.3 Å². The standard InChI is InChI=1S/C21H22ClN3O/c22-17-5-3-15(4-6-17)20(26)21-18(16-2-1-9-23-12-16)13-24-19(21)14-7-10-25(21)11-8-14/h1-6,9,12,14,18-19,24H,7-8,10-11,13H2. The molecule has 4 saturated heterocycles. The molecule has 3 unspecified atom stereocenters. The highest BCUT2D eigenvalue weighted by molar-refractivity contribution is 6.30. The molecule has 2 bridgehead atoms. The van der Waals surface area contributed by atoms with Crippen LogP contribution in [0.2, 0.25) is 5.02 Å². The van der Waals surface area contributed by atoms with Crippen LogP contribution in [0.3, 0.4) is 0 Å². The molecule has 1 aromatic heterocycles. The quantitative estimate of drug-likeness (QED) is 0.846. The Balaban J connectivity index is 1.66. The van der Waals surface area contributed by atoms with E-state index >= 15 is 0 Å². The van der Waals surface area contributed by atoms with Gasteiger partial charge in [-0.05, 0) is 67.7 Å². The van der Waals surface area contributed by atoms with Gasteiger partial charge in [0.2, 0.25) is 0 Å². The molecular weight excluding hydrogens is 346 g/mol. The van der Waals surface area contributed by atoms with E-state index in [0.29, 0.717) is 10.9 Å². The van der Waals surface area contributed by atoms with Crippen LogP contribution in [0.4, 0.5) is 0 Å². The number of fused-ring (bicyclic) bond motifs is 2. The highest BCUT2D eigenvalue weighted by Crippen LogP contribution is 2.51. The van der Waals surface area contributed by atoms with Gasteiger partial charge in [-0.2, -0.15) is 0 Å². The number of aromatic nitrogens is 1. The molecule has 4 aliphatic heterocycles. The van der Waals surface area contributed by atoms with Crippen molar-refractivity contribution in [3.63, 3.8) is 0 Å². The first kappa shape index (κ1) is 16.4. The molecule has 2 aromatic rings. The zero-order valence-corrected chi connectivity index (χ0v) is 15.3. The van der Waals surface area contributed by atoms with Crippen molar-refractivity contribution >= 4 is 17.4 Å². The number of carbonyl (C=O) groups excluding carboxylic acids is 1. The van der Waals surface area contributed by atoms with Gasteiger partial charge in [0.05, 0.1) is 0 Å². The highest BCUT2D eigenvalue weighted by Gasteiger charge is 2.64. The fraction of sp³-hybridized carbons (Fsp3) is 0.429. The molecule has 1 N–H and O–H groups in total. The fourth-order valence-corrected chi connectivity index (χ4v) is 5.67. The van der Waals surface area contributed by atoms with E-state index in [1.807, 2.05) is 36.5 Å². The summed E-state index contributed by atoms with van der Waals surface area (Å²) >= 11 is 6.06. The molecule has 26 heavy (non-hydrogen) atoms. The van der Waals surface area contributed by atoms with Crippen LogP contribution in [0.15, 0.2) is 48.8 Å². The third-order valence-electron chi connectivity index (χ3n) is 6.64. The van der Waals surface area contributed by atoms with Gasteiger partial charge >= 0.3 is 0 Å². The minimum absolute atomic E-state index is 0.118. The minimum Gasteiger partial charge on any atom is -0.311 e. The van der Waals surface area contributed by atoms with Crippen LogP contribution in [0.25, 0.3) is 0 Å². The van der Waals surface area contributed by atoms with E-state index in [0.717, 1.165) is 30.8 Å². The van der Waals surface area contributed by atoms with Gasteiger partial charge in [0.15, 0.2) is 5.78 Å². The molecule has 4 aliphatic rings. The van der Waals surface area contributed by atoms with Crippen molar-refractivity contribution in [2.75, 3.05) is 19.6 Å². The monoisotopic (exact) mass is 367 g/mol. The van der Waals surface area contributed by atoms with Gasteiger partial charge in [-0.1, -0.05) is 17.7 Å². The number of Topliss-reactive ketones (excluding diaryl/α,β-unsaturated/α-hetero) is 1. The Labute approximate surface area is 158 Å². The molecule has 5 heteroatoms. The van der Waals surface area contributed by atoms with Crippen LogP contribution in [0.1, 0.15) is 34.7 Å². The van der Waals surface area contributed by atoms with E-state index in [-0.39, 0.29) is 17.7 Å². The van der Waals surface area contributed by atoms with Crippen molar-refractivity contribution in [3.05, 3.63) is 64.9 Å². The Morgan fingerprint density at radius 2 is 1.96 bits per heavy atom. The normalized spacial score (nSPS) is 35.3. The molecular formula is C21H22ClN3O. The third-order valence-corrected chi connectivity index (χ3v) is 6.89. The van der Waals surface area contributed by atoms with Crippen molar-refractivity contribution in [1.82, 2.24) is 15.2 Å². The van der Waals surface area contributed by atoms with Crippen LogP contribution < -0.4 is 5.32 Å². The molecule has 6 rings (SSSR count). The Kier molecular flexibility index (Phi) is 3.89. The van der Waals surface area contributed by atoms with Crippen molar-refractivity contribution in [2.24, 2.45) is 5.92 Å². The summed E-state index contributed by atoms with van der Waals surface area (Å²) in [7, 11) is 0. The number of ketones is 1. The topological polar surface area (TPSA) is 45.2 Å². The average Bonchev–Trinajstić information content (AvgIpc) is 3.13. The molecule has 134 valence electrons. The lowest BCUT2D eigenvalue weighted by molar-refractivity contribution is -0.0313. The van der Waals surface area contributed by atoms with Gasteiger partial charge in [0, 0.05) is 41.5 Å². The molecule has 0 spiro atoms. The largest absolute Gasteiger partial charge is 0.311 e. The number of nitrogens with one attached hydrogen (secondary N) is 1. The summed E-state index contributed by atoms with van der Waals surface area (Å²) in [5.74, 6) is 0.910. The van der Waals surface area contributed by atoms with Gasteiger partial charge in [-0.15, -0.1) is 0 Å². The fourth-order valence-electron chi connectivity index (χ4n) is 5.55. The first-order chi connectivity index (χ1) is 12.7. The smallest absolute Gasteiger partial charge is 0.185 e. The number of carbonyl (C=O) groups is 1. The van der Waals surface area contributed by atoms with Gasteiger partial charge in [0.1, 0.15) is 5.54 Å². The minimum atomic E-state index is -0.516. The highest BCUT2D eigenvalue weighted by atomic mass is 35.5. The van der Waals surface area contributed by atoms with E-state index in [4.69, 9.17) is 11.6 Å². The first-order valence-corrected chi connectivity index (χ1v) is 9.78. The summed E-state index contributed by atoms with van der Waals surface area (Å²) in [6.45, 7) is 2.82. The predicted molar refractivity (Wildman–Crippen MR) is 102 cm³/mol. The van der Waals surface area contributed by atoms with Crippen LogP contribution in [-0.2, 0) is 0 Å². The summed E-state index contributed by atoms with van der Waals surface area (Å²) in [6.07, 6.45) is 6.07. The molecule has 4 nitrogen and oxygen atoms in total. The summed E-state index contributed by atoms with van der Waals surface area (Å²) in [5.41, 5.74) is 1.39. The summed E-state index contributed by atoms with van der Waals surface area (Å²) < 4.78 is 0. The number of rotatable bonds is 3. The van der Waals surface area contributed by atoms with Crippen LogP contribution in [0, 0.1) is 5.92 Å². The van der Waals surface area contributed by atoms with Gasteiger partial charge in [-0.3, -0.25) is 14.7 Å². The molecule has 0 aliphatic carbocycles. The number of piperidine rings is 3. The SMILES string of the molecule is O=C(c1ccc(Cl)cc1)C12C(c3cccnc3)CNC1C1CCN2CC1. The van der Waals surface area contributed by atoms with E-state index < -0.39 is 5.54 Å². The van der Waals surface area contributed by atoms with E-state index in [9.17, 15) is 4.79 Å². The second-order valence-electron chi connectivity index (χ2n) is 7.71. The third kappa shape index (κ3) is 2.22. The zero-order chi connectivity index (χ0) is 17.7. The zero-order valence-electron chi connectivity index (χ0n) is 14.6. The number of pyridine rings is 1. The first-order valence-electron chi connectivity index (χ1n) is 9.40. The van der Waals surface area contributed by atoms with Crippen molar-refractivity contribution < 1.29 is 4.79 Å². The number of halogens is 1. The average molecular weight is 368 g/mol. The van der Waals surface area contributed by atoms with E-state index in [1.165, 1.54) is 12.8 Å². The lowest BCUT2D eigenvalue weighted by atomic mass is 9.63. The molecule has 3 atom stereocenters. The Morgan fingerprint density at radius 1 is 1.19 bits per heavy atom. The Hall–Kier alpha value is -1.75. The summed E-state index contributed by atoms with van der Waals surface area (Å²) in [4.78, 5) is 20.7. The van der Waals surface area contributed by atoms with Crippen molar-refractivity contribution in [2.45, 2.75) is 30.3 Å². The Bertz CT molecular complexity index is 817. The second-order valence-corrected chi connectivity index (χ2v) is 8.15. The van der Waals surface area contributed by atoms with Crippen LogP contribution in [-0.4, -0.2) is 46.9 Å². The molecule has 0 amide bonds. The second kappa shape index (κ2) is 6.15. The molecule has 0 radical (unpaired) electrons. The van der Waals surface area contributed by atoms with Crippen molar-refractivity contribution in [1.29, 1.82) is 0 Å². The number of hydrogen-bond acceptors (Lipinski definition) is 4. The lowest BCUT2D eigenvalue weighted by Crippen LogP contribution is -2.72. The maximum absolute atomic E-state index is 13.9. The maximum atomic E-state index is 13.9. The van der Waals surface area contributed by atoms with Crippen molar-refractivity contribution in [3.8, 4) is 0 Å². The maximum Gasteiger partial charge on any atom is 0.185 e. The Morgan fingerprint density at radius 3 is 2.65 bits per heavy atom. The van der Waals surface area contributed by atoms with Gasteiger partial charge in [-0.25, -0.2) is 0 Å². The predicted octanol–water partition coefficient (Wildman–Crippen LogP) is 3.14. The molecule has 4 fully saturated rings. The molecule has 5 heterocycles. The van der Waals surface area contributed by atoms with Crippen LogP contribution >= 0.6 is 11.6 Å². The summed E-state index contributed by atoms with van der Waals surface area (Å²) in [6, 6.07) is 11.7. The van der Waals surface area contributed by atoms with Gasteiger partial charge < -0.3 is 5.32 Å². The number of nitrogens with zero attached hydrogens (tertiary/aromatic N) is 2. The molecule has 1 aromatic carbocycles. The van der Waals surface area contributed by atoms with Crippen LogP contribution in [0.5, 0.6) is 0 Å². The lowest BCUT2D eigenvalue weighted by Gasteiger charge is -2.57.